The number of aliphatic hydroxyl groups excluding tert-OH is 1. The second-order valence-corrected chi connectivity index (χ2v) is 3.94. The Balaban J connectivity index is 3.16. The zero-order valence-electron chi connectivity index (χ0n) is 9.25. The number of hydrogen-bond acceptors (Lipinski definition) is 2. The molecule has 0 aliphatic heterocycles. The minimum Gasteiger partial charge on any atom is -0.512 e. The lowest BCUT2D eigenvalue weighted by atomic mass is 9.96. The predicted molar refractivity (Wildman–Crippen MR) is 66.5 cm³/mol. The van der Waals surface area contributed by atoms with Gasteiger partial charge >= 0.3 is 0 Å². The van der Waals surface area contributed by atoms with Gasteiger partial charge in [-0.3, -0.25) is 4.79 Å². The van der Waals surface area contributed by atoms with Gasteiger partial charge in [-0.05, 0) is 37.1 Å². The highest BCUT2D eigenvalue weighted by atomic mass is 35.5. The summed E-state index contributed by atoms with van der Waals surface area (Å²) in [5, 5.41) is 10.1. The summed E-state index contributed by atoms with van der Waals surface area (Å²) >= 11 is 5.76. The zero-order valence-corrected chi connectivity index (χ0v) is 10.0. The van der Waals surface area contributed by atoms with Crippen molar-refractivity contribution in [2.75, 3.05) is 0 Å². The number of Topliss-reactive ketones (excluding diaryl/α,β-unsaturated/α-hetero) is 1. The van der Waals surface area contributed by atoms with Crippen LogP contribution >= 0.6 is 11.6 Å². The van der Waals surface area contributed by atoms with Crippen molar-refractivity contribution in [1.82, 2.24) is 0 Å². The molecule has 1 rings (SSSR count). The molecule has 0 saturated heterocycles. The molecule has 0 aliphatic carbocycles. The molecule has 0 atom stereocenters. The monoisotopic (exact) mass is 236 g/mol. The van der Waals surface area contributed by atoms with Gasteiger partial charge in [0.15, 0.2) is 5.78 Å². The maximum atomic E-state index is 11.4. The predicted octanol–water partition coefficient (Wildman–Crippen LogP) is 3.77. The van der Waals surface area contributed by atoms with E-state index in [1.54, 1.807) is 24.3 Å². The van der Waals surface area contributed by atoms with Crippen molar-refractivity contribution in [3.05, 3.63) is 52.8 Å². The van der Waals surface area contributed by atoms with Crippen molar-refractivity contribution >= 4 is 23.0 Å². The van der Waals surface area contributed by atoms with Crippen LogP contribution in [0.2, 0.25) is 5.02 Å². The molecule has 1 aromatic rings. The van der Waals surface area contributed by atoms with E-state index in [0.717, 1.165) is 5.56 Å². The molecule has 0 heterocycles. The molecule has 0 saturated carbocycles. The molecule has 1 N–H and O–H groups in total. The second-order valence-electron chi connectivity index (χ2n) is 3.50. The molecule has 0 aliphatic rings. The highest BCUT2D eigenvalue weighted by molar-refractivity contribution is 6.30. The van der Waals surface area contributed by atoms with E-state index >= 15 is 0 Å². The van der Waals surface area contributed by atoms with Crippen molar-refractivity contribution in [2.24, 2.45) is 0 Å². The van der Waals surface area contributed by atoms with Crippen LogP contribution < -0.4 is 0 Å². The Labute approximate surface area is 99.9 Å². The van der Waals surface area contributed by atoms with E-state index in [-0.39, 0.29) is 17.1 Å². The van der Waals surface area contributed by atoms with Crippen LogP contribution in [0.4, 0.5) is 0 Å². The van der Waals surface area contributed by atoms with Crippen LogP contribution in [-0.2, 0) is 4.79 Å². The van der Waals surface area contributed by atoms with Gasteiger partial charge in [-0.15, -0.1) is 0 Å². The Morgan fingerprint density at radius 1 is 1.25 bits per heavy atom. The second kappa shape index (κ2) is 4.99. The van der Waals surface area contributed by atoms with E-state index in [1.807, 2.05) is 0 Å². The maximum absolute atomic E-state index is 11.4. The molecule has 2 nitrogen and oxygen atoms in total. The van der Waals surface area contributed by atoms with Crippen LogP contribution in [0.3, 0.4) is 0 Å². The summed E-state index contributed by atoms with van der Waals surface area (Å²) in [5.41, 5.74) is 1.52. The van der Waals surface area contributed by atoms with E-state index in [9.17, 15) is 9.90 Å². The summed E-state index contributed by atoms with van der Waals surface area (Å²) in [5.74, 6) is -0.229. The number of carbonyl (C=O) groups excluding carboxylic acids is 1. The number of benzene rings is 1. The first kappa shape index (κ1) is 12.5. The zero-order chi connectivity index (χ0) is 12.3. The first-order chi connectivity index (χ1) is 7.43. The Morgan fingerprint density at radius 3 is 2.12 bits per heavy atom. The van der Waals surface area contributed by atoms with E-state index < -0.39 is 0 Å². The van der Waals surface area contributed by atoms with Crippen molar-refractivity contribution in [3.8, 4) is 0 Å². The van der Waals surface area contributed by atoms with Gasteiger partial charge in [0.25, 0.3) is 0 Å². The van der Waals surface area contributed by atoms with Crippen LogP contribution in [0.25, 0.3) is 5.57 Å². The molecule has 0 bridgehead atoms. The van der Waals surface area contributed by atoms with Crippen LogP contribution in [0.1, 0.15) is 19.4 Å². The molecular weight excluding hydrogens is 224 g/mol. The molecule has 0 radical (unpaired) electrons. The van der Waals surface area contributed by atoms with Gasteiger partial charge in [0, 0.05) is 5.02 Å². The van der Waals surface area contributed by atoms with Crippen LogP contribution in [0.5, 0.6) is 0 Å². The number of rotatable bonds is 3. The molecule has 16 heavy (non-hydrogen) atoms. The lowest BCUT2D eigenvalue weighted by Crippen LogP contribution is -2.02. The van der Waals surface area contributed by atoms with Gasteiger partial charge in [-0.2, -0.15) is 0 Å². The van der Waals surface area contributed by atoms with Crippen molar-refractivity contribution in [1.29, 1.82) is 0 Å². The summed E-state index contributed by atoms with van der Waals surface area (Å²) in [6.07, 6.45) is 0. The number of ketones is 1. The number of hydrogen-bond donors (Lipinski definition) is 1. The summed E-state index contributed by atoms with van der Waals surface area (Å²) in [6, 6.07) is 6.95. The fraction of sp³-hybridized carbons (Fsp3) is 0.154. The summed E-state index contributed by atoms with van der Waals surface area (Å²) in [4.78, 5) is 11.4. The Hall–Kier alpha value is -1.54. The SMILES string of the molecule is C=C(/C(C(C)=O)=C(\C)O)c1ccc(Cl)cc1. The standard InChI is InChI=1S/C13H13ClO2/c1-8(13(9(2)15)10(3)16)11-4-6-12(14)7-5-11/h4-7,15H,1H2,2-3H3/b13-9-. The smallest absolute Gasteiger partial charge is 0.163 e. The number of halogens is 1. The van der Waals surface area contributed by atoms with Gasteiger partial charge in [0.2, 0.25) is 0 Å². The van der Waals surface area contributed by atoms with Crippen molar-refractivity contribution < 1.29 is 9.90 Å². The number of allylic oxidation sites excluding steroid dienone is 3. The molecule has 0 spiro atoms. The maximum Gasteiger partial charge on any atom is 0.163 e. The lowest BCUT2D eigenvalue weighted by Gasteiger charge is -2.09. The van der Waals surface area contributed by atoms with E-state index in [2.05, 4.69) is 6.58 Å². The largest absolute Gasteiger partial charge is 0.512 e. The van der Waals surface area contributed by atoms with Gasteiger partial charge in [-0.1, -0.05) is 30.3 Å². The van der Waals surface area contributed by atoms with Gasteiger partial charge in [0.1, 0.15) is 5.76 Å². The third-order valence-corrected chi connectivity index (χ3v) is 2.46. The summed E-state index contributed by atoms with van der Waals surface area (Å²) in [7, 11) is 0. The molecule has 3 heteroatoms. The van der Waals surface area contributed by atoms with E-state index in [1.165, 1.54) is 13.8 Å². The Morgan fingerprint density at radius 2 is 1.75 bits per heavy atom. The highest BCUT2D eigenvalue weighted by Gasteiger charge is 2.13. The fourth-order valence-electron chi connectivity index (χ4n) is 1.48. The molecular formula is C13H13ClO2. The molecule has 0 aromatic heterocycles. The quantitative estimate of drug-likeness (QED) is 0.493. The van der Waals surface area contributed by atoms with Gasteiger partial charge in [-0.25, -0.2) is 0 Å². The first-order valence-electron chi connectivity index (χ1n) is 4.79. The highest BCUT2D eigenvalue weighted by Crippen LogP contribution is 2.25. The average Bonchev–Trinajstić information content (AvgIpc) is 2.17. The number of aliphatic hydroxyl groups is 1. The molecule has 84 valence electrons. The van der Waals surface area contributed by atoms with Gasteiger partial charge in [0.05, 0.1) is 5.57 Å². The first-order valence-corrected chi connectivity index (χ1v) is 5.17. The van der Waals surface area contributed by atoms with E-state index in [0.29, 0.717) is 10.6 Å². The fourth-order valence-corrected chi connectivity index (χ4v) is 1.61. The summed E-state index contributed by atoms with van der Waals surface area (Å²) in [6.45, 7) is 6.68. The Kier molecular flexibility index (Phi) is 3.91. The topological polar surface area (TPSA) is 37.3 Å². The summed E-state index contributed by atoms with van der Waals surface area (Å²) < 4.78 is 0. The minimum atomic E-state index is -0.208. The molecule has 0 fully saturated rings. The molecule has 1 aromatic carbocycles. The minimum absolute atomic E-state index is 0.0209. The lowest BCUT2D eigenvalue weighted by molar-refractivity contribution is -0.113. The molecule has 0 amide bonds. The average molecular weight is 237 g/mol. The van der Waals surface area contributed by atoms with Crippen LogP contribution in [0.15, 0.2) is 42.2 Å². The Bertz CT molecular complexity index is 451. The van der Waals surface area contributed by atoms with Crippen molar-refractivity contribution in [2.45, 2.75) is 13.8 Å². The third kappa shape index (κ3) is 2.74. The normalized spacial score (nSPS) is 11.9. The number of carbonyl (C=O) groups is 1. The van der Waals surface area contributed by atoms with Crippen LogP contribution in [0, 0.1) is 0 Å². The molecule has 0 unspecified atom stereocenters. The van der Waals surface area contributed by atoms with Crippen LogP contribution in [-0.4, -0.2) is 10.9 Å². The van der Waals surface area contributed by atoms with Gasteiger partial charge < -0.3 is 5.11 Å². The van der Waals surface area contributed by atoms with Crippen molar-refractivity contribution in [3.63, 3.8) is 0 Å². The third-order valence-electron chi connectivity index (χ3n) is 2.21. The van der Waals surface area contributed by atoms with E-state index in [4.69, 9.17) is 11.6 Å².